The Balaban J connectivity index is 1.24. The summed E-state index contributed by atoms with van der Waals surface area (Å²) in [5.41, 5.74) is 8.05. The van der Waals surface area contributed by atoms with Gasteiger partial charge in [-0.1, -0.05) is 108 Å². The molecule has 0 N–H and O–H groups in total. The standard InChI is InChI=1S/C35H24N4Si/c1-3-10-23(11-4-1)33-36-34(24-12-5-2-6-13-24)38-35(37-33)25-14-9-15-26(22-25)39-21-20-29-30(39)19-18-28-27-16-7-8-17-31(27)40-32(28)29/h1-22H,40H2. The van der Waals surface area contributed by atoms with Gasteiger partial charge in [0.2, 0.25) is 0 Å². The van der Waals surface area contributed by atoms with Crippen LogP contribution in [0.2, 0.25) is 0 Å². The van der Waals surface area contributed by atoms with Crippen molar-refractivity contribution in [2.45, 2.75) is 0 Å². The van der Waals surface area contributed by atoms with E-state index in [1.165, 1.54) is 27.2 Å². The molecule has 188 valence electrons. The number of fused-ring (bicyclic) bond motifs is 5. The van der Waals surface area contributed by atoms with Crippen LogP contribution in [0.1, 0.15) is 0 Å². The predicted octanol–water partition coefficient (Wildman–Crippen LogP) is 5.92. The van der Waals surface area contributed by atoms with Crippen molar-refractivity contribution in [1.82, 2.24) is 19.5 Å². The zero-order valence-corrected chi connectivity index (χ0v) is 23.1. The van der Waals surface area contributed by atoms with Gasteiger partial charge in [-0.25, -0.2) is 15.0 Å². The third kappa shape index (κ3) is 3.79. The average Bonchev–Trinajstić information content (AvgIpc) is 3.64. The lowest BCUT2D eigenvalue weighted by molar-refractivity contribution is 1.07. The average molecular weight is 529 g/mol. The van der Waals surface area contributed by atoms with Crippen molar-refractivity contribution >= 4 is 30.8 Å². The fraction of sp³-hybridized carbons (Fsp3) is 0. The molecule has 4 nitrogen and oxygen atoms in total. The van der Waals surface area contributed by atoms with Gasteiger partial charge in [0, 0.05) is 28.6 Å². The second kappa shape index (κ2) is 9.26. The first-order valence-corrected chi connectivity index (χ1v) is 14.9. The number of hydrogen-bond acceptors (Lipinski definition) is 3. The maximum Gasteiger partial charge on any atom is 0.164 e. The van der Waals surface area contributed by atoms with Gasteiger partial charge in [0.25, 0.3) is 0 Å². The molecule has 0 saturated carbocycles. The van der Waals surface area contributed by atoms with Crippen molar-refractivity contribution < 1.29 is 0 Å². The van der Waals surface area contributed by atoms with Gasteiger partial charge in [0.05, 0.1) is 15.0 Å². The Bertz CT molecular complexity index is 1970. The highest BCUT2D eigenvalue weighted by Gasteiger charge is 2.22. The van der Waals surface area contributed by atoms with Crippen LogP contribution >= 0.6 is 0 Å². The summed E-state index contributed by atoms with van der Waals surface area (Å²) >= 11 is 0. The summed E-state index contributed by atoms with van der Waals surface area (Å²) in [5, 5.41) is 4.45. The lowest BCUT2D eigenvalue weighted by Gasteiger charge is -2.11. The van der Waals surface area contributed by atoms with Crippen molar-refractivity contribution in [3.05, 3.63) is 134 Å². The molecule has 3 heterocycles. The zero-order valence-electron chi connectivity index (χ0n) is 21.7. The first-order valence-electron chi connectivity index (χ1n) is 13.5. The molecule has 0 bridgehead atoms. The van der Waals surface area contributed by atoms with E-state index >= 15 is 0 Å². The van der Waals surface area contributed by atoms with E-state index in [0.717, 1.165) is 22.4 Å². The molecule has 0 unspecified atom stereocenters. The first kappa shape index (κ1) is 22.8. The fourth-order valence-electron chi connectivity index (χ4n) is 5.81. The van der Waals surface area contributed by atoms with Gasteiger partial charge < -0.3 is 4.57 Å². The normalized spacial score (nSPS) is 12.5. The number of benzene rings is 5. The lowest BCUT2D eigenvalue weighted by Crippen LogP contribution is -2.21. The Hall–Kier alpha value is -5.13. The van der Waals surface area contributed by atoms with E-state index in [0.29, 0.717) is 17.5 Å². The monoisotopic (exact) mass is 528 g/mol. The Morgan fingerprint density at radius 3 is 1.85 bits per heavy atom. The van der Waals surface area contributed by atoms with Crippen LogP contribution in [0.4, 0.5) is 0 Å². The molecule has 0 saturated heterocycles. The smallest absolute Gasteiger partial charge is 0.164 e. The molecule has 1 aliphatic rings. The molecule has 5 heteroatoms. The molecular formula is C35H24N4Si. The molecule has 1 aliphatic heterocycles. The van der Waals surface area contributed by atoms with Gasteiger partial charge >= 0.3 is 0 Å². The maximum absolute atomic E-state index is 4.93. The van der Waals surface area contributed by atoms with Crippen molar-refractivity contribution in [2.75, 3.05) is 0 Å². The zero-order chi connectivity index (χ0) is 26.5. The van der Waals surface area contributed by atoms with E-state index in [1.807, 2.05) is 60.7 Å². The van der Waals surface area contributed by atoms with E-state index in [-0.39, 0.29) is 0 Å². The molecule has 7 aromatic rings. The van der Waals surface area contributed by atoms with Gasteiger partial charge in [0.15, 0.2) is 17.5 Å². The van der Waals surface area contributed by atoms with Gasteiger partial charge in [-0.05, 0) is 46.0 Å². The van der Waals surface area contributed by atoms with Crippen LogP contribution in [-0.2, 0) is 0 Å². The number of nitrogens with zero attached hydrogens (tertiary/aromatic N) is 4. The predicted molar refractivity (Wildman–Crippen MR) is 166 cm³/mol. The highest BCUT2D eigenvalue weighted by Crippen LogP contribution is 2.30. The molecule has 5 aromatic carbocycles. The Labute approximate surface area is 234 Å². The number of hydrogen-bond donors (Lipinski definition) is 0. The molecular weight excluding hydrogens is 504 g/mol. The number of rotatable bonds is 4. The van der Waals surface area contributed by atoms with Crippen LogP contribution < -0.4 is 10.4 Å². The molecule has 8 rings (SSSR count). The largest absolute Gasteiger partial charge is 0.317 e. The molecule has 0 radical (unpaired) electrons. The summed E-state index contributed by atoms with van der Waals surface area (Å²) in [5.74, 6) is 2.00. The van der Waals surface area contributed by atoms with Crippen molar-refractivity contribution in [3.63, 3.8) is 0 Å². The minimum atomic E-state index is -0.499. The molecule has 2 aromatic heterocycles. The lowest BCUT2D eigenvalue weighted by atomic mass is 10.0. The van der Waals surface area contributed by atoms with Crippen molar-refractivity contribution in [2.24, 2.45) is 0 Å². The quantitative estimate of drug-likeness (QED) is 0.267. The summed E-state index contributed by atoms with van der Waals surface area (Å²) in [6.07, 6.45) is 2.19. The summed E-state index contributed by atoms with van der Waals surface area (Å²) in [6.45, 7) is 0. The van der Waals surface area contributed by atoms with E-state index in [4.69, 9.17) is 15.0 Å². The van der Waals surface area contributed by atoms with Crippen molar-refractivity contribution in [1.29, 1.82) is 0 Å². The fourth-order valence-corrected chi connectivity index (χ4v) is 7.93. The summed E-state index contributed by atoms with van der Waals surface area (Å²) in [4.78, 5) is 14.7. The van der Waals surface area contributed by atoms with Crippen LogP contribution in [0.5, 0.6) is 0 Å². The van der Waals surface area contributed by atoms with E-state index in [9.17, 15) is 0 Å². The first-order chi connectivity index (χ1) is 19.8. The number of aromatic nitrogens is 4. The minimum Gasteiger partial charge on any atom is -0.317 e. The summed E-state index contributed by atoms with van der Waals surface area (Å²) in [6, 6.07) is 44.4. The summed E-state index contributed by atoms with van der Waals surface area (Å²) in [7, 11) is -0.499. The van der Waals surface area contributed by atoms with E-state index in [2.05, 4.69) is 77.5 Å². The second-order valence-corrected chi connectivity index (χ2v) is 12.0. The van der Waals surface area contributed by atoms with Crippen molar-refractivity contribution in [3.8, 4) is 51.0 Å². The van der Waals surface area contributed by atoms with Crippen LogP contribution in [0.3, 0.4) is 0 Å². The molecule has 0 atom stereocenters. The Morgan fingerprint density at radius 1 is 0.500 bits per heavy atom. The minimum absolute atomic E-state index is 0.499. The van der Waals surface area contributed by atoms with E-state index in [1.54, 1.807) is 5.19 Å². The third-order valence-electron chi connectivity index (χ3n) is 7.74. The maximum atomic E-state index is 4.93. The molecule has 0 amide bonds. The van der Waals surface area contributed by atoms with Gasteiger partial charge in [-0.2, -0.15) is 0 Å². The van der Waals surface area contributed by atoms with Crippen LogP contribution in [0.25, 0.3) is 61.9 Å². The molecule has 0 aliphatic carbocycles. The van der Waals surface area contributed by atoms with Gasteiger partial charge in [-0.15, -0.1) is 0 Å². The van der Waals surface area contributed by atoms with Gasteiger partial charge in [0.1, 0.15) is 0 Å². The SMILES string of the molecule is c1ccc(-c2nc(-c3ccccc3)nc(-c3cccc(-n4ccc5c6c(ccc54)-c4ccccc4[SiH2]6)c3)n2)cc1. The summed E-state index contributed by atoms with van der Waals surface area (Å²) < 4.78 is 2.29. The van der Waals surface area contributed by atoms with Gasteiger partial charge in [-0.3, -0.25) is 0 Å². The van der Waals surface area contributed by atoms with Crippen LogP contribution in [-0.4, -0.2) is 29.0 Å². The topological polar surface area (TPSA) is 43.6 Å². The van der Waals surface area contributed by atoms with Crippen LogP contribution in [0.15, 0.2) is 134 Å². The second-order valence-electron chi connectivity index (χ2n) is 10.1. The Kier molecular flexibility index (Phi) is 5.28. The molecule has 0 spiro atoms. The third-order valence-corrected chi connectivity index (χ3v) is 9.85. The highest BCUT2D eigenvalue weighted by atomic mass is 28.2. The van der Waals surface area contributed by atoms with E-state index < -0.39 is 9.52 Å². The Morgan fingerprint density at radius 2 is 1.12 bits per heavy atom. The molecule has 0 fully saturated rings. The van der Waals surface area contributed by atoms with Crippen LogP contribution in [0, 0.1) is 0 Å². The highest BCUT2D eigenvalue weighted by molar-refractivity contribution is 6.75. The molecule has 40 heavy (non-hydrogen) atoms.